The number of likely N-dealkylation sites (tertiary alicyclic amines) is 2. The molecule has 4 rings (SSSR count). The molecule has 2 aliphatic heterocycles. The average Bonchev–Trinajstić information content (AvgIpc) is 3.22. The number of nitrogens with zero attached hydrogens (tertiary/aromatic N) is 2. The number of hydrogen-bond donors (Lipinski definition) is 0. The summed E-state index contributed by atoms with van der Waals surface area (Å²) >= 11 is 0. The van der Waals surface area contributed by atoms with Crippen LogP contribution in [0.3, 0.4) is 0 Å². The van der Waals surface area contributed by atoms with Crippen molar-refractivity contribution in [2.24, 2.45) is 11.3 Å². The highest BCUT2D eigenvalue weighted by atomic mass is 16.5. The summed E-state index contributed by atoms with van der Waals surface area (Å²) in [7, 11) is 2.20. The fraction of sp³-hybridized carbons (Fsp3) is 0.667. The van der Waals surface area contributed by atoms with Gasteiger partial charge in [0.2, 0.25) is 5.91 Å². The van der Waals surface area contributed by atoms with Gasteiger partial charge < -0.3 is 14.5 Å². The maximum absolute atomic E-state index is 12.5. The lowest BCUT2D eigenvalue weighted by Crippen LogP contribution is -2.60. The van der Waals surface area contributed by atoms with Crippen molar-refractivity contribution in [3.63, 3.8) is 0 Å². The molecule has 25 heavy (non-hydrogen) atoms. The van der Waals surface area contributed by atoms with Gasteiger partial charge in [-0.2, -0.15) is 0 Å². The fourth-order valence-electron chi connectivity index (χ4n) is 5.03. The number of benzene rings is 1. The Bertz CT molecular complexity index is 591. The standard InChI is InChI=1S/C21H30N2O2/c1-22-14-21(15-23(16-21)20(24)18-9-5-6-10-18)11-19(22)13-25-12-17-7-3-2-4-8-17/h2-4,7-8,18-19H,5-6,9-16H2,1H3. The molecule has 4 nitrogen and oxygen atoms in total. The lowest BCUT2D eigenvalue weighted by atomic mass is 9.77. The quantitative estimate of drug-likeness (QED) is 0.825. The normalized spacial score (nSPS) is 26.3. The van der Waals surface area contributed by atoms with E-state index in [1.807, 2.05) is 6.07 Å². The zero-order valence-electron chi connectivity index (χ0n) is 15.3. The Morgan fingerprint density at radius 2 is 1.88 bits per heavy atom. The maximum Gasteiger partial charge on any atom is 0.225 e. The molecular weight excluding hydrogens is 312 g/mol. The molecular formula is C21H30N2O2. The highest BCUT2D eigenvalue weighted by Gasteiger charge is 2.52. The number of amides is 1. The fourth-order valence-corrected chi connectivity index (χ4v) is 5.03. The van der Waals surface area contributed by atoms with Crippen molar-refractivity contribution in [1.29, 1.82) is 0 Å². The first kappa shape index (κ1) is 17.0. The zero-order valence-corrected chi connectivity index (χ0v) is 15.3. The van der Waals surface area contributed by atoms with Crippen LogP contribution in [0.2, 0.25) is 0 Å². The van der Waals surface area contributed by atoms with E-state index >= 15 is 0 Å². The molecule has 1 atom stereocenters. The van der Waals surface area contributed by atoms with E-state index in [0.717, 1.165) is 45.5 Å². The Balaban J connectivity index is 1.24. The summed E-state index contributed by atoms with van der Waals surface area (Å²) < 4.78 is 5.97. The van der Waals surface area contributed by atoms with E-state index in [9.17, 15) is 4.79 Å². The molecule has 1 aliphatic carbocycles. The van der Waals surface area contributed by atoms with Crippen molar-refractivity contribution in [2.45, 2.75) is 44.8 Å². The monoisotopic (exact) mass is 342 g/mol. The summed E-state index contributed by atoms with van der Waals surface area (Å²) in [6, 6.07) is 10.8. The Hall–Kier alpha value is -1.39. The van der Waals surface area contributed by atoms with Gasteiger partial charge in [-0.15, -0.1) is 0 Å². The van der Waals surface area contributed by atoms with Crippen molar-refractivity contribution in [3.05, 3.63) is 35.9 Å². The first-order valence-electron chi connectivity index (χ1n) is 9.76. The van der Waals surface area contributed by atoms with Crippen molar-refractivity contribution in [3.8, 4) is 0 Å². The van der Waals surface area contributed by atoms with Gasteiger partial charge in [0.05, 0.1) is 13.2 Å². The third-order valence-corrected chi connectivity index (χ3v) is 6.37. The third kappa shape index (κ3) is 3.61. The number of carbonyl (C=O) groups excluding carboxylic acids is 1. The summed E-state index contributed by atoms with van der Waals surface area (Å²) in [5, 5.41) is 0. The molecule has 1 aromatic carbocycles. The molecule has 3 aliphatic rings. The van der Waals surface area contributed by atoms with Crippen LogP contribution in [0, 0.1) is 11.3 Å². The summed E-state index contributed by atoms with van der Waals surface area (Å²) in [6.45, 7) is 4.48. The van der Waals surface area contributed by atoms with Gasteiger partial charge >= 0.3 is 0 Å². The van der Waals surface area contributed by atoms with Crippen LogP contribution < -0.4 is 0 Å². The van der Waals surface area contributed by atoms with Crippen LogP contribution in [0.4, 0.5) is 0 Å². The molecule has 1 spiro atoms. The van der Waals surface area contributed by atoms with E-state index in [1.165, 1.54) is 18.4 Å². The lowest BCUT2D eigenvalue weighted by molar-refractivity contribution is -0.147. The number of hydrogen-bond acceptors (Lipinski definition) is 3. The first-order valence-corrected chi connectivity index (χ1v) is 9.76. The summed E-state index contributed by atoms with van der Waals surface area (Å²) in [5.41, 5.74) is 1.55. The molecule has 0 radical (unpaired) electrons. The minimum absolute atomic E-state index is 0.321. The largest absolute Gasteiger partial charge is 0.375 e. The molecule has 0 bridgehead atoms. The second-order valence-electron chi connectivity index (χ2n) is 8.45. The van der Waals surface area contributed by atoms with Crippen molar-refractivity contribution in [2.75, 3.05) is 33.3 Å². The molecule has 4 heteroatoms. The number of carbonyl (C=O) groups is 1. The van der Waals surface area contributed by atoms with Crippen LogP contribution in [0.5, 0.6) is 0 Å². The topological polar surface area (TPSA) is 32.8 Å². The second kappa shape index (κ2) is 7.08. The second-order valence-corrected chi connectivity index (χ2v) is 8.45. The van der Waals surface area contributed by atoms with Gasteiger partial charge in [-0.25, -0.2) is 0 Å². The van der Waals surface area contributed by atoms with Gasteiger partial charge in [0, 0.05) is 37.0 Å². The highest BCUT2D eigenvalue weighted by molar-refractivity contribution is 5.80. The minimum Gasteiger partial charge on any atom is -0.375 e. The molecule has 2 heterocycles. The molecule has 1 unspecified atom stereocenters. The van der Waals surface area contributed by atoms with E-state index in [2.05, 4.69) is 41.1 Å². The molecule has 0 N–H and O–H groups in total. The van der Waals surface area contributed by atoms with Crippen molar-refractivity contribution < 1.29 is 9.53 Å². The summed E-state index contributed by atoms with van der Waals surface area (Å²) in [6.07, 6.45) is 5.85. The number of rotatable bonds is 5. The van der Waals surface area contributed by atoms with Crippen LogP contribution in [0.15, 0.2) is 30.3 Å². The van der Waals surface area contributed by atoms with E-state index < -0.39 is 0 Å². The van der Waals surface area contributed by atoms with Gasteiger partial charge in [0.25, 0.3) is 0 Å². The molecule has 1 amide bonds. The predicted octanol–water partition coefficient (Wildman–Crippen LogP) is 2.93. The molecule has 1 saturated carbocycles. The van der Waals surface area contributed by atoms with Crippen molar-refractivity contribution in [1.82, 2.24) is 9.80 Å². The zero-order chi connectivity index (χ0) is 17.3. The molecule has 1 aromatic rings. The van der Waals surface area contributed by atoms with E-state index in [4.69, 9.17) is 4.74 Å². The highest BCUT2D eigenvalue weighted by Crippen LogP contribution is 2.43. The SMILES string of the molecule is CN1CC2(CC1COCc1ccccc1)CN(C(=O)C1CCCC1)C2. The van der Waals surface area contributed by atoms with Crippen molar-refractivity contribution >= 4 is 5.91 Å². The summed E-state index contributed by atoms with van der Waals surface area (Å²) in [4.78, 5) is 17.1. The molecule has 3 fully saturated rings. The number of likely N-dealkylation sites (N-methyl/N-ethyl adjacent to an activating group) is 1. The van der Waals surface area contributed by atoms with Gasteiger partial charge in [0.1, 0.15) is 0 Å². The van der Waals surface area contributed by atoms with Gasteiger partial charge in [0.15, 0.2) is 0 Å². The van der Waals surface area contributed by atoms with Gasteiger partial charge in [-0.05, 0) is 31.9 Å². The molecule has 0 aromatic heterocycles. The molecule has 136 valence electrons. The predicted molar refractivity (Wildman–Crippen MR) is 98.1 cm³/mol. The van der Waals surface area contributed by atoms with Crippen LogP contribution in [0.1, 0.15) is 37.7 Å². The van der Waals surface area contributed by atoms with Crippen LogP contribution in [-0.2, 0) is 16.1 Å². The Labute approximate surface area is 151 Å². The van der Waals surface area contributed by atoms with E-state index in [-0.39, 0.29) is 0 Å². The summed E-state index contributed by atoms with van der Waals surface area (Å²) in [5.74, 6) is 0.746. The van der Waals surface area contributed by atoms with Crippen LogP contribution in [-0.4, -0.2) is 55.0 Å². The van der Waals surface area contributed by atoms with E-state index in [0.29, 0.717) is 29.9 Å². The Morgan fingerprint density at radius 3 is 2.60 bits per heavy atom. The average molecular weight is 342 g/mol. The van der Waals surface area contributed by atoms with Crippen LogP contribution in [0.25, 0.3) is 0 Å². The first-order chi connectivity index (χ1) is 12.2. The van der Waals surface area contributed by atoms with E-state index in [1.54, 1.807) is 0 Å². The lowest BCUT2D eigenvalue weighted by Gasteiger charge is -2.49. The Kier molecular flexibility index (Phi) is 4.83. The van der Waals surface area contributed by atoms with Gasteiger partial charge in [-0.1, -0.05) is 43.2 Å². The minimum atomic E-state index is 0.321. The smallest absolute Gasteiger partial charge is 0.225 e. The van der Waals surface area contributed by atoms with Crippen LogP contribution >= 0.6 is 0 Å². The number of ether oxygens (including phenoxy) is 1. The molecule has 2 saturated heterocycles. The Morgan fingerprint density at radius 1 is 1.16 bits per heavy atom. The maximum atomic E-state index is 12.5. The third-order valence-electron chi connectivity index (χ3n) is 6.37. The van der Waals surface area contributed by atoms with Gasteiger partial charge in [-0.3, -0.25) is 4.79 Å².